The molecule has 10 nitrogen and oxygen atoms in total. The van der Waals surface area contributed by atoms with Gasteiger partial charge in [-0.15, -0.1) is 16.3 Å². The monoisotopic (exact) mass is 504 g/mol. The molecule has 0 spiro atoms. The van der Waals surface area contributed by atoms with E-state index in [-0.39, 0.29) is 39.8 Å². The second-order valence-corrected chi connectivity index (χ2v) is 10.6. The van der Waals surface area contributed by atoms with E-state index in [9.17, 15) is 14.2 Å². The van der Waals surface area contributed by atoms with Crippen LogP contribution in [0.5, 0.6) is 5.75 Å². The van der Waals surface area contributed by atoms with Crippen LogP contribution in [0, 0.1) is 11.8 Å². The van der Waals surface area contributed by atoms with Crippen molar-refractivity contribution >= 4 is 43.0 Å². The lowest BCUT2D eigenvalue weighted by Crippen LogP contribution is -2.26. The van der Waals surface area contributed by atoms with Crippen LogP contribution < -0.4 is 15.4 Å². The molecule has 1 aliphatic rings. The van der Waals surface area contributed by atoms with E-state index in [4.69, 9.17) is 9.05 Å². The van der Waals surface area contributed by atoms with Gasteiger partial charge >= 0.3 is 8.25 Å². The second-order valence-electron chi connectivity index (χ2n) is 8.41. The van der Waals surface area contributed by atoms with Gasteiger partial charge in [0, 0.05) is 21.7 Å². The average molecular weight is 505 g/mol. The molecule has 2 aromatic heterocycles. The van der Waals surface area contributed by atoms with Crippen molar-refractivity contribution in [1.29, 1.82) is 0 Å². The summed E-state index contributed by atoms with van der Waals surface area (Å²) in [7, 11) is -2.44. The summed E-state index contributed by atoms with van der Waals surface area (Å²) < 4.78 is 25.9. The molecule has 0 bridgehead atoms. The Morgan fingerprint density at radius 3 is 2.74 bits per heavy atom. The molecule has 1 aliphatic heterocycles. The number of imidazole rings is 1. The summed E-state index contributed by atoms with van der Waals surface area (Å²) in [6.07, 6.45) is 1.94. The minimum Gasteiger partial charge on any atom is -0.299 e. The van der Waals surface area contributed by atoms with Crippen molar-refractivity contribution in [3.8, 4) is 5.75 Å². The number of aromatic amines is 1. The third-order valence-corrected chi connectivity index (χ3v) is 8.37. The van der Waals surface area contributed by atoms with E-state index in [1.807, 2.05) is 13.0 Å². The average Bonchev–Trinajstić information content (AvgIpc) is 3.35. The molecule has 34 heavy (non-hydrogen) atoms. The molecule has 2 N–H and O–H groups in total. The van der Waals surface area contributed by atoms with Gasteiger partial charge < -0.3 is 0 Å². The van der Waals surface area contributed by atoms with E-state index in [0.29, 0.717) is 11.4 Å². The lowest BCUT2D eigenvalue weighted by Gasteiger charge is -2.18. The van der Waals surface area contributed by atoms with Gasteiger partial charge in [-0.25, -0.2) is 9.51 Å². The van der Waals surface area contributed by atoms with E-state index < -0.39 is 19.9 Å². The fraction of sp³-hybridized carbons (Fsp3) is 0.455. The van der Waals surface area contributed by atoms with Crippen LogP contribution in [0.25, 0.3) is 11.2 Å². The molecular weight excluding hydrogens is 477 g/mol. The van der Waals surface area contributed by atoms with Gasteiger partial charge in [0.15, 0.2) is 23.0 Å². The maximum absolute atomic E-state index is 12.7. The van der Waals surface area contributed by atoms with Crippen LogP contribution in [-0.4, -0.2) is 36.8 Å². The van der Waals surface area contributed by atoms with Crippen molar-refractivity contribution in [3.63, 3.8) is 0 Å². The van der Waals surface area contributed by atoms with Gasteiger partial charge in [0.2, 0.25) is 11.9 Å². The molecule has 0 saturated carbocycles. The molecule has 12 heteroatoms. The van der Waals surface area contributed by atoms with Crippen LogP contribution in [0.15, 0.2) is 41.5 Å². The number of thioether (sulfide) groups is 1. The fourth-order valence-electron chi connectivity index (χ4n) is 3.81. The smallest absolute Gasteiger partial charge is 0.299 e. The molecule has 1 aromatic carbocycles. The highest BCUT2D eigenvalue weighted by Gasteiger charge is 2.48. The maximum atomic E-state index is 12.7. The van der Waals surface area contributed by atoms with Crippen LogP contribution in [-0.2, 0) is 13.9 Å². The van der Waals surface area contributed by atoms with E-state index in [0.717, 1.165) is 6.42 Å². The van der Waals surface area contributed by atoms with Gasteiger partial charge in [-0.1, -0.05) is 45.9 Å². The number of hydrogen-bond acceptors (Lipinski definition) is 8. The number of rotatable bonds is 8. The minimum atomic E-state index is -2.44. The summed E-state index contributed by atoms with van der Waals surface area (Å²) in [5.74, 6) is 0.0214. The molecule has 0 aliphatic carbocycles. The number of H-pyrrole nitrogens is 1. The summed E-state index contributed by atoms with van der Waals surface area (Å²) >= 11 is 1.65. The van der Waals surface area contributed by atoms with Crippen LogP contribution in [0.4, 0.5) is 5.95 Å². The minimum absolute atomic E-state index is 0.0528. The van der Waals surface area contributed by atoms with Gasteiger partial charge in [-0.3, -0.25) is 24.5 Å². The topological polar surface area (TPSA) is 128 Å². The molecule has 3 aromatic rings. The summed E-state index contributed by atoms with van der Waals surface area (Å²) in [4.78, 5) is 36.0. The first-order chi connectivity index (χ1) is 16.3. The first kappa shape index (κ1) is 24.4. The van der Waals surface area contributed by atoms with Crippen LogP contribution in [0.3, 0.4) is 0 Å². The highest BCUT2D eigenvalue weighted by atomic mass is 32.2. The Balaban J connectivity index is 1.65. The van der Waals surface area contributed by atoms with Crippen LogP contribution >= 0.6 is 20.0 Å². The molecule has 1 unspecified atom stereocenters. The zero-order chi connectivity index (χ0) is 24.4. The number of fused-ring (bicyclic) bond motifs is 1. The number of hydrogen-bond donors (Lipinski definition) is 2. The van der Waals surface area contributed by atoms with Gasteiger partial charge in [-0.2, -0.15) is 4.98 Å². The van der Waals surface area contributed by atoms with Gasteiger partial charge in [0.25, 0.3) is 5.56 Å². The maximum Gasteiger partial charge on any atom is 0.750 e. The van der Waals surface area contributed by atoms with Crippen molar-refractivity contribution in [2.45, 2.75) is 50.8 Å². The Labute approximate surface area is 201 Å². The quantitative estimate of drug-likeness (QED) is 0.429. The molecule has 0 radical (unpaired) electrons. The molecule has 4 rings (SSSR count). The van der Waals surface area contributed by atoms with E-state index in [1.54, 1.807) is 54.4 Å². The van der Waals surface area contributed by atoms with E-state index in [2.05, 4.69) is 27.2 Å². The highest BCUT2D eigenvalue weighted by Crippen LogP contribution is 2.51. The van der Waals surface area contributed by atoms with Crippen molar-refractivity contribution in [3.05, 3.63) is 47.0 Å². The standard InChI is InChI=1S/C22H26N5O5PS/c1-5-15-13(4)17(32-33(30)31-14-9-7-6-8-10-14)21(34-15)27-11-23-16-18(27)24-22(26-20(16)29)25-19(28)12(2)3/h6-13,15,17,21H,5H2,1-4H3,(H-,24,25,26,28,29)/p+1/t13-,15-,17-,21-/m1/s1. The first-order valence-electron chi connectivity index (χ1n) is 11.1. The number of aromatic nitrogens is 4. The van der Waals surface area contributed by atoms with Gasteiger partial charge in [0.1, 0.15) is 5.37 Å². The zero-order valence-corrected chi connectivity index (χ0v) is 21.0. The Kier molecular flexibility index (Phi) is 7.35. The number of para-hydroxylation sites is 1. The summed E-state index contributed by atoms with van der Waals surface area (Å²) in [5, 5.41) is 2.52. The summed E-state index contributed by atoms with van der Waals surface area (Å²) in [6, 6.07) is 8.84. The van der Waals surface area contributed by atoms with Crippen molar-refractivity contribution < 1.29 is 18.4 Å². The summed E-state index contributed by atoms with van der Waals surface area (Å²) in [5.41, 5.74) is 0.0123. The fourth-order valence-corrected chi connectivity index (χ4v) is 6.43. The number of benzene rings is 1. The third kappa shape index (κ3) is 5.01. The number of carbonyl (C=O) groups excluding carboxylic acids is 1. The molecule has 1 fully saturated rings. The number of amides is 1. The van der Waals surface area contributed by atoms with E-state index >= 15 is 0 Å². The molecule has 3 heterocycles. The van der Waals surface area contributed by atoms with Crippen molar-refractivity contribution in [2.75, 3.05) is 5.32 Å². The van der Waals surface area contributed by atoms with Crippen molar-refractivity contribution in [1.82, 2.24) is 19.5 Å². The Bertz CT molecular complexity index is 1250. The molecule has 180 valence electrons. The summed E-state index contributed by atoms with van der Waals surface area (Å²) in [6.45, 7) is 7.63. The van der Waals surface area contributed by atoms with Gasteiger partial charge in [0.05, 0.1) is 6.33 Å². The highest BCUT2D eigenvalue weighted by molar-refractivity contribution is 8.00. The molecule has 1 saturated heterocycles. The lowest BCUT2D eigenvalue weighted by molar-refractivity contribution is -0.118. The predicted octanol–water partition coefficient (Wildman–Crippen LogP) is 4.50. The first-order valence-corrected chi connectivity index (χ1v) is 13.1. The largest absolute Gasteiger partial charge is 0.750 e. The second kappa shape index (κ2) is 10.2. The molecule has 1 amide bonds. The normalized spacial score (nSPS) is 22.8. The number of nitrogens with zero attached hydrogens (tertiary/aromatic N) is 3. The zero-order valence-electron chi connectivity index (χ0n) is 19.3. The third-order valence-electron chi connectivity index (χ3n) is 5.71. The molecular formula is C22H27N5O5PS+. The number of carbonyl (C=O) groups is 1. The number of anilines is 1. The van der Waals surface area contributed by atoms with Crippen molar-refractivity contribution in [2.24, 2.45) is 11.8 Å². The SMILES string of the molecule is CC[C@H]1S[C@@H](n2cnc3c(=O)[nH]c(NC(=O)C(C)C)nc32)[C@H](O[P+](=O)Oc2ccccc2)[C@@H]1C. The van der Waals surface area contributed by atoms with Crippen LogP contribution in [0.2, 0.25) is 0 Å². The number of nitrogens with one attached hydrogen (secondary N) is 2. The van der Waals surface area contributed by atoms with E-state index in [1.165, 1.54) is 6.33 Å². The predicted molar refractivity (Wildman–Crippen MR) is 131 cm³/mol. The van der Waals surface area contributed by atoms with Crippen LogP contribution in [0.1, 0.15) is 39.5 Å². The lowest BCUT2D eigenvalue weighted by atomic mass is 9.99. The Hall–Kier alpha value is -2.75. The molecule has 5 atom stereocenters. The Morgan fingerprint density at radius 1 is 1.32 bits per heavy atom. The Morgan fingerprint density at radius 2 is 2.06 bits per heavy atom. The van der Waals surface area contributed by atoms with Gasteiger partial charge in [-0.05, 0) is 18.6 Å².